The van der Waals surface area contributed by atoms with Crippen molar-refractivity contribution < 1.29 is 14.7 Å². The number of halogens is 2. The van der Waals surface area contributed by atoms with Gasteiger partial charge in [-0.2, -0.15) is 0 Å². The predicted octanol–water partition coefficient (Wildman–Crippen LogP) is 3.64. The molecule has 1 N–H and O–H groups in total. The van der Waals surface area contributed by atoms with Crippen LogP contribution in [-0.4, -0.2) is 11.9 Å². The average Bonchev–Trinajstić information content (AvgIpc) is 2.54. The van der Waals surface area contributed by atoms with Gasteiger partial charge in [0.2, 0.25) is 0 Å². The first-order chi connectivity index (χ1) is 11.8. The van der Waals surface area contributed by atoms with Gasteiger partial charge in [0.1, 0.15) is 0 Å². The molecule has 0 aromatic heterocycles. The van der Waals surface area contributed by atoms with Crippen molar-refractivity contribution in [3.63, 3.8) is 0 Å². The number of aliphatic carboxylic acids is 1. The molecule has 2 aromatic rings. The van der Waals surface area contributed by atoms with Crippen LogP contribution in [0.1, 0.15) is 41.3 Å². The fraction of sp³-hybridized carbons (Fsp3) is 0.158. The third kappa shape index (κ3) is 5.08. The molecule has 0 unspecified atom stereocenters. The van der Waals surface area contributed by atoms with Crippen LogP contribution in [-0.2, 0) is 4.79 Å². The van der Waals surface area contributed by atoms with Gasteiger partial charge < -0.3 is 15.2 Å². The van der Waals surface area contributed by atoms with Crippen molar-refractivity contribution in [1.82, 2.24) is 5.32 Å². The van der Waals surface area contributed by atoms with Crippen molar-refractivity contribution >= 4 is 41.2 Å². The second-order valence-electron chi connectivity index (χ2n) is 5.75. The van der Waals surface area contributed by atoms with Crippen molar-refractivity contribution in [2.45, 2.75) is 19.8 Å². The molecular formula is C19H16Cl2NO3-. The molecule has 1 amide bonds. The molecule has 25 heavy (non-hydrogen) atoms. The van der Waals surface area contributed by atoms with Crippen LogP contribution in [0.25, 0.3) is 6.08 Å². The van der Waals surface area contributed by atoms with Gasteiger partial charge in [-0.25, -0.2) is 0 Å². The standard InChI is InChI=1S/C19H17Cl2NO3/c1-11(2)13-5-3-12(4-6-13)9-17(19(24)25)22-18(23)15-8-7-14(20)10-16(15)21/h3-11H,1-2H3,(H,22,23)(H,24,25)/p-1/b17-9+. The van der Waals surface area contributed by atoms with Crippen LogP contribution in [0.5, 0.6) is 0 Å². The number of nitrogens with one attached hydrogen (secondary N) is 1. The maximum Gasteiger partial charge on any atom is 0.257 e. The SMILES string of the molecule is CC(C)c1ccc(/C=C(/NC(=O)c2ccc(Cl)cc2Cl)C(=O)[O-])cc1. The smallest absolute Gasteiger partial charge is 0.257 e. The molecule has 0 aliphatic carbocycles. The minimum atomic E-state index is -1.49. The minimum absolute atomic E-state index is 0.119. The Balaban J connectivity index is 2.25. The van der Waals surface area contributed by atoms with E-state index >= 15 is 0 Å². The highest BCUT2D eigenvalue weighted by atomic mass is 35.5. The van der Waals surface area contributed by atoms with Crippen LogP contribution in [0.3, 0.4) is 0 Å². The molecule has 4 nitrogen and oxygen atoms in total. The molecular weight excluding hydrogens is 361 g/mol. The first-order valence-corrected chi connectivity index (χ1v) is 8.33. The van der Waals surface area contributed by atoms with Crippen molar-refractivity contribution in [2.75, 3.05) is 0 Å². The fourth-order valence-corrected chi connectivity index (χ4v) is 2.65. The number of hydrogen-bond acceptors (Lipinski definition) is 3. The fourth-order valence-electron chi connectivity index (χ4n) is 2.15. The predicted molar refractivity (Wildman–Crippen MR) is 97.4 cm³/mol. The molecule has 0 spiro atoms. The van der Waals surface area contributed by atoms with Gasteiger partial charge in [0.05, 0.1) is 22.3 Å². The van der Waals surface area contributed by atoms with Gasteiger partial charge in [0, 0.05) is 5.02 Å². The zero-order valence-electron chi connectivity index (χ0n) is 13.7. The van der Waals surface area contributed by atoms with Gasteiger partial charge in [-0.3, -0.25) is 4.79 Å². The molecule has 0 heterocycles. The molecule has 0 fully saturated rings. The Morgan fingerprint density at radius 2 is 1.72 bits per heavy atom. The van der Waals surface area contributed by atoms with E-state index in [1.807, 2.05) is 12.1 Å². The first kappa shape index (κ1) is 19.0. The molecule has 0 atom stereocenters. The maximum absolute atomic E-state index is 12.3. The van der Waals surface area contributed by atoms with E-state index in [2.05, 4.69) is 19.2 Å². The zero-order valence-corrected chi connectivity index (χ0v) is 15.2. The van der Waals surface area contributed by atoms with E-state index in [1.165, 1.54) is 24.3 Å². The van der Waals surface area contributed by atoms with Crippen molar-refractivity contribution in [1.29, 1.82) is 0 Å². The lowest BCUT2D eigenvalue weighted by Gasteiger charge is -2.12. The lowest BCUT2D eigenvalue weighted by atomic mass is 10.0. The van der Waals surface area contributed by atoms with E-state index in [1.54, 1.807) is 12.1 Å². The number of rotatable bonds is 5. The van der Waals surface area contributed by atoms with Gasteiger partial charge >= 0.3 is 0 Å². The summed E-state index contributed by atoms with van der Waals surface area (Å²) < 4.78 is 0. The summed E-state index contributed by atoms with van der Waals surface area (Å²) >= 11 is 11.8. The molecule has 0 aliphatic heterocycles. The third-order valence-electron chi connectivity index (χ3n) is 3.56. The number of carbonyl (C=O) groups is 2. The highest BCUT2D eigenvalue weighted by Crippen LogP contribution is 2.21. The molecule has 6 heteroatoms. The lowest BCUT2D eigenvalue weighted by Crippen LogP contribution is -2.35. The van der Waals surface area contributed by atoms with E-state index < -0.39 is 11.9 Å². The Morgan fingerprint density at radius 3 is 2.24 bits per heavy atom. The van der Waals surface area contributed by atoms with Crippen LogP contribution in [0.4, 0.5) is 0 Å². The second-order valence-corrected chi connectivity index (χ2v) is 6.59. The number of benzene rings is 2. The van der Waals surface area contributed by atoms with Gasteiger partial charge in [-0.05, 0) is 41.3 Å². The van der Waals surface area contributed by atoms with Gasteiger partial charge in [-0.1, -0.05) is 61.3 Å². The topological polar surface area (TPSA) is 69.2 Å². The van der Waals surface area contributed by atoms with E-state index in [4.69, 9.17) is 23.2 Å². The molecule has 2 aromatic carbocycles. The van der Waals surface area contributed by atoms with Crippen molar-refractivity contribution in [2.24, 2.45) is 0 Å². The molecule has 0 saturated carbocycles. The molecule has 0 saturated heterocycles. The average molecular weight is 377 g/mol. The summed E-state index contributed by atoms with van der Waals surface area (Å²) in [6.07, 6.45) is 1.33. The number of amides is 1. The monoisotopic (exact) mass is 376 g/mol. The molecule has 130 valence electrons. The lowest BCUT2D eigenvalue weighted by molar-refractivity contribution is -0.299. The summed E-state index contributed by atoms with van der Waals surface area (Å²) in [5.41, 5.74) is 1.52. The Labute approximate surface area is 156 Å². The Hall–Kier alpha value is -2.30. The number of carbonyl (C=O) groups excluding carboxylic acids is 2. The van der Waals surface area contributed by atoms with Crippen LogP contribution in [0.2, 0.25) is 10.0 Å². The third-order valence-corrected chi connectivity index (χ3v) is 4.11. The number of hydrogen-bond donors (Lipinski definition) is 1. The summed E-state index contributed by atoms with van der Waals surface area (Å²) in [4.78, 5) is 23.6. The quantitative estimate of drug-likeness (QED) is 0.809. The van der Waals surface area contributed by atoms with Crippen LogP contribution in [0.15, 0.2) is 48.2 Å². The van der Waals surface area contributed by atoms with Crippen LogP contribution in [0, 0.1) is 0 Å². The highest BCUT2D eigenvalue weighted by molar-refractivity contribution is 6.36. The first-order valence-electron chi connectivity index (χ1n) is 7.57. The number of carboxylic acid groups (broad SMARTS) is 1. The summed E-state index contributed by atoms with van der Waals surface area (Å²) in [7, 11) is 0. The Bertz CT molecular complexity index is 827. The van der Waals surface area contributed by atoms with E-state index in [-0.39, 0.29) is 16.3 Å². The van der Waals surface area contributed by atoms with Crippen LogP contribution < -0.4 is 10.4 Å². The summed E-state index contributed by atoms with van der Waals surface area (Å²) in [6, 6.07) is 11.7. The Kier molecular flexibility index (Phi) is 6.23. The Morgan fingerprint density at radius 1 is 1.08 bits per heavy atom. The van der Waals surface area contributed by atoms with Gasteiger partial charge in [0.15, 0.2) is 0 Å². The highest BCUT2D eigenvalue weighted by Gasteiger charge is 2.13. The van der Waals surface area contributed by atoms with E-state index in [0.717, 1.165) is 5.56 Å². The molecule has 0 radical (unpaired) electrons. The largest absolute Gasteiger partial charge is 0.543 e. The molecule has 2 rings (SSSR count). The van der Waals surface area contributed by atoms with Crippen LogP contribution >= 0.6 is 23.2 Å². The van der Waals surface area contributed by atoms with Gasteiger partial charge in [0.25, 0.3) is 5.91 Å². The van der Waals surface area contributed by atoms with E-state index in [0.29, 0.717) is 16.5 Å². The summed E-state index contributed by atoms with van der Waals surface area (Å²) in [6.45, 7) is 4.13. The summed E-state index contributed by atoms with van der Waals surface area (Å²) in [5.74, 6) is -1.78. The van der Waals surface area contributed by atoms with E-state index in [9.17, 15) is 14.7 Å². The normalized spacial score (nSPS) is 11.5. The number of carboxylic acids is 1. The van der Waals surface area contributed by atoms with Gasteiger partial charge in [-0.15, -0.1) is 0 Å². The minimum Gasteiger partial charge on any atom is -0.543 e. The molecule has 0 aliphatic rings. The maximum atomic E-state index is 12.3. The second kappa shape index (κ2) is 8.19. The zero-order chi connectivity index (χ0) is 18.6. The summed E-state index contributed by atoms with van der Waals surface area (Å²) in [5, 5.41) is 14.2. The molecule has 0 bridgehead atoms. The van der Waals surface area contributed by atoms with Crippen molar-refractivity contribution in [3.05, 3.63) is 74.9 Å². The van der Waals surface area contributed by atoms with Crippen molar-refractivity contribution in [3.8, 4) is 0 Å².